The first-order valence-electron chi connectivity index (χ1n) is 7.69. The van der Waals surface area contributed by atoms with Crippen LogP contribution in [0, 0.1) is 6.92 Å². The SMILES string of the molecule is Cc1nn(C)cc1CN1CCC(Nc2nccc(C(F)(F)F)n2)C1. The summed E-state index contributed by atoms with van der Waals surface area (Å²) in [4.78, 5) is 9.69. The van der Waals surface area contributed by atoms with Gasteiger partial charge < -0.3 is 5.32 Å². The summed E-state index contributed by atoms with van der Waals surface area (Å²) in [6.45, 7) is 4.35. The summed E-state index contributed by atoms with van der Waals surface area (Å²) in [6, 6.07) is 0.905. The molecule has 2 aromatic heterocycles. The van der Waals surface area contributed by atoms with Gasteiger partial charge in [0.15, 0.2) is 0 Å². The number of nitrogens with zero attached hydrogens (tertiary/aromatic N) is 5. The molecular formula is C15H19F3N6. The first kappa shape index (κ1) is 16.7. The van der Waals surface area contributed by atoms with Gasteiger partial charge in [-0.1, -0.05) is 0 Å². The van der Waals surface area contributed by atoms with E-state index >= 15 is 0 Å². The molecule has 0 aromatic carbocycles. The molecule has 24 heavy (non-hydrogen) atoms. The van der Waals surface area contributed by atoms with Crippen LogP contribution in [-0.4, -0.2) is 43.8 Å². The normalized spacial score (nSPS) is 19.0. The van der Waals surface area contributed by atoms with Crippen LogP contribution in [0.25, 0.3) is 0 Å². The highest BCUT2D eigenvalue weighted by molar-refractivity contribution is 5.28. The Kier molecular flexibility index (Phi) is 4.44. The zero-order valence-electron chi connectivity index (χ0n) is 13.5. The van der Waals surface area contributed by atoms with Gasteiger partial charge in [-0.05, 0) is 19.4 Å². The van der Waals surface area contributed by atoms with Crippen LogP contribution in [0.15, 0.2) is 18.5 Å². The minimum Gasteiger partial charge on any atom is -0.350 e. The summed E-state index contributed by atoms with van der Waals surface area (Å²) in [5.41, 5.74) is 1.23. The molecule has 0 bridgehead atoms. The molecule has 1 aliphatic rings. The molecule has 1 atom stereocenters. The van der Waals surface area contributed by atoms with Gasteiger partial charge in [0.25, 0.3) is 0 Å². The number of aromatic nitrogens is 4. The second-order valence-corrected chi connectivity index (χ2v) is 6.04. The van der Waals surface area contributed by atoms with Crippen molar-refractivity contribution >= 4 is 5.95 Å². The Morgan fingerprint density at radius 2 is 2.17 bits per heavy atom. The first-order valence-corrected chi connectivity index (χ1v) is 7.69. The number of alkyl halides is 3. The summed E-state index contributed by atoms with van der Waals surface area (Å²) in [5, 5.41) is 7.32. The van der Waals surface area contributed by atoms with Gasteiger partial charge in [-0.2, -0.15) is 18.3 Å². The Morgan fingerprint density at radius 1 is 1.38 bits per heavy atom. The van der Waals surface area contributed by atoms with E-state index in [4.69, 9.17) is 0 Å². The van der Waals surface area contributed by atoms with Crippen molar-refractivity contribution in [3.05, 3.63) is 35.4 Å². The molecule has 130 valence electrons. The fraction of sp³-hybridized carbons (Fsp3) is 0.533. The van der Waals surface area contributed by atoms with Crippen LogP contribution in [0.2, 0.25) is 0 Å². The van der Waals surface area contributed by atoms with Crippen molar-refractivity contribution in [3.8, 4) is 0 Å². The highest BCUT2D eigenvalue weighted by Crippen LogP contribution is 2.28. The van der Waals surface area contributed by atoms with Crippen LogP contribution in [0.4, 0.5) is 19.1 Å². The third-order valence-corrected chi connectivity index (χ3v) is 4.06. The molecule has 0 amide bonds. The van der Waals surface area contributed by atoms with Gasteiger partial charge in [0.05, 0.1) is 5.69 Å². The van der Waals surface area contributed by atoms with Crippen molar-refractivity contribution in [2.45, 2.75) is 32.1 Å². The smallest absolute Gasteiger partial charge is 0.350 e. The van der Waals surface area contributed by atoms with E-state index in [1.54, 1.807) is 4.68 Å². The Labute approximate surface area is 137 Å². The molecule has 2 aromatic rings. The zero-order chi connectivity index (χ0) is 17.3. The maximum atomic E-state index is 12.7. The van der Waals surface area contributed by atoms with Crippen LogP contribution < -0.4 is 5.32 Å². The molecular weight excluding hydrogens is 321 g/mol. The fourth-order valence-electron chi connectivity index (χ4n) is 2.91. The number of aryl methyl sites for hydroxylation is 2. The lowest BCUT2D eigenvalue weighted by molar-refractivity contribution is -0.141. The van der Waals surface area contributed by atoms with Crippen LogP contribution in [-0.2, 0) is 19.8 Å². The molecule has 1 unspecified atom stereocenters. The fourth-order valence-corrected chi connectivity index (χ4v) is 2.91. The average Bonchev–Trinajstić information content (AvgIpc) is 3.05. The first-order chi connectivity index (χ1) is 11.3. The second kappa shape index (κ2) is 6.39. The van der Waals surface area contributed by atoms with E-state index in [1.165, 1.54) is 0 Å². The number of hydrogen-bond donors (Lipinski definition) is 1. The van der Waals surface area contributed by atoms with Crippen LogP contribution >= 0.6 is 0 Å². The van der Waals surface area contributed by atoms with E-state index in [-0.39, 0.29) is 12.0 Å². The molecule has 0 radical (unpaired) electrons. The van der Waals surface area contributed by atoms with Crippen molar-refractivity contribution in [1.29, 1.82) is 0 Å². The number of hydrogen-bond acceptors (Lipinski definition) is 5. The van der Waals surface area contributed by atoms with E-state index in [0.29, 0.717) is 0 Å². The van der Waals surface area contributed by atoms with Gasteiger partial charge in [-0.25, -0.2) is 9.97 Å². The lowest BCUT2D eigenvalue weighted by Gasteiger charge is -2.16. The van der Waals surface area contributed by atoms with Crippen LogP contribution in [0.5, 0.6) is 0 Å². The molecule has 6 nitrogen and oxygen atoms in total. The number of likely N-dealkylation sites (tertiary alicyclic amines) is 1. The molecule has 1 saturated heterocycles. The predicted octanol–water partition coefficient (Wildman–Crippen LogP) is 2.22. The molecule has 3 rings (SSSR count). The van der Waals surface area contributed by atoms with Gasteiger partial charge in [0.1, 0.15) is 5.69 Å². The largest absolute Gasteiger partial charge is 0.433 e. The van der Waals surface area contributed by atoms with Crippen LogP contribution in [0.1, 0.15) is 23.4 Å². The van der Waals surface area contributed by atoms with Crippen LogP contribution in [0.3, 0.4) is 0 Å². The van der Waals surface area contributed by atoms with Gasteiger partial charge in [-0.3, -0.25) is 9.58 Å². The summed E-state index contributed by atoms with van der Waals surface area (Å²) in [7, 11) is 1.88. The Hall–Kier alpha value is -2.16. The maximum absolute atomic E-state index is 12.7. The lowest BCUT2D eigenvalue weighted by Crippen LogP contribution is -2.27. The van der Waals surface area contributed by atoms with Crippen molar-refractivity contribution in [2.24, 2.45) is 7.05 Å². The standard InChI is InChI=1S/C15H19F3N6/c1-10-11(7-23(2)22-10)8-24-6-4-12(9-24)20-14-19-5-3-13(21-14)15(16,17)18/h3,5,7,12H,4,6,8-9H2,1-2H3,(H,19,20,21). The molecule has 0 spiro atoms. The Morgan fingerprint density at radius 3 is 2.83 bits per heavy atom. The van der Waals surface area contributed by atoms with Gasteiger partial charge in [0, 0.05) is 50.7 Å². The Balaban J connectivity index is 1.59. The lowest BCUT2D eigenvalue weighted by atomic mass is 10.2. The van der Waals surface area contributed by atoms with E-state index in [2.05, 4.69) is 25.3 Å². The maximum Gasteiger partial charge on any atom is 0.433 e. The van der Waals surface area contributed by atoms with Gasteiger partial charge >= 0.3 is 6.18 Å². The third kappa shape index (κ3) is 3.84. The summed E-state index contributed by atoms with van der Waals surface area (Å²) < 4.78 is 39.9. The zero-order valence-corrected chi connectivity index (χ0v) is 13.5. The predicted molar refractivity (Wildman–Crippen MR) is 82.3 cm³/mol. The van der Waals surface area contributed by atoms with Gasteiger partial charge in [0.2, 0.25) is 5.95 Å². The molecule has 1 fully saturated rings. The van der Waals surface area contributed by atoms with E-state index < -0.39 is 11.9 Å². The monoisotopic (exact) mass is 340 g/mol. The Bertz CT molecular complexity index is 711. The summed E-state index contributed by atoms with van der Waals surface area (Å²) >= 11 is 0. The van der Waals surface area contributed by atoms with E-state index in [1.807, 2.05) is 20.2 Å². The quantitative estimate of drug-likeness (QED) is 0.925. The minimum atomic E-state index is -4.46. The molecule has 1 N–H and O–H groups in total. The number of nitrogens with one attached hydrogen (secondary N) is 1. The van der Waals surface area contributed by atoms with Crippen molar-refractivity contribution in [2.75, 3.05) is 18.4 Å². The summed E-state index contributed by atoms with van der Waals surface area (Å²) in [5.74, 6) is 0.0224. The highest BCUT2D eigenvalue weighted by Gasteiger charge is 2.33. The average molecular weight is 340 g/mol. The highest BCUT2D eigenvalue weighted by atomic mass is 19.4. The molecule has 0 aliphatic carbocycles. The van der Waals surface area contributed by atoms with E-state index in [9.17, 15) is 13.2 Å². The topological polar surface area (TPSA) is 58.9 Å². The molecule has 9 heteroatoms. The number of anilines is 1. The van der Waals surface area contributed by atoms with Crippen molar-refractivity contribution < 1.29 is 13.2 Å². The summed E-state index contributed by atoms with van der Waals surface area (Å²) in [6.07, 6.45) is -0.506. The molecule has 0 saturated carbocycles. The van der Waals surface area contributed by atoms with Gasteiger partial charge in [-0.15, -0.1) is 0 Å². The second-order valence-electron chi connectivity index (χ2n) is 6.04. The van der Waals surface area contributed by atoms with Crippen molar-refractivity contribution in [3.63, 3.8) is 0 Å². The van der Waals surface area contributed by atoms with Crippen molar-refractivity contribution in [1.82, 2.24) is 24.6 Å². The van der Waals surface area contributed by atoms with E-state index in [0.717, 1.165) is 49.6 Å². The molecule has 3 heterocycles. The number of rotatable bonds is 4. The number of halogens is 3. The third-order valence-electron chi connectivity index (χ3n) is 4.06. The minimum absolute atomic E-state index is 0.0224. The molecule has 1 aliphatic heterocycles.